The molecule has 0 saturated carbocycles. The lowest BCUT2D eigenvalue weighted by atomic mass is 9.86. The van der Waals surface area contributed by atoms with E-state index in [1.54, 1.807) is 13.8 Å². The molecule has 0 saturated heterocycles. The maximum Gasteiger partial charge on any atom is 0.334 e. The minimum atomic E-state index is -2.98. The van der Waals surface area contributed by atoms with Gasteiger partial charge >= 0.3 is 11.9 Å². The summed E-state index contributed by atoms with van der Waals surface area (Å²) in [7, 11) is 0. The molecule has 0 amide bonds. The van der Waals surface area contributed by atoms with Gasteiger partial charge in [0.15, 0.2) is 0 Å². The predicted molar refractivity (Wildman–Crippen MR) is 105 cm³/mol. The summed E-state index contributed by atoms with van der Waals surface area (Å²) >= 11 is 0. The summed E-state index contributed by atoms with van der Waals surface area (Å²) in [5, 5.41) is 0. The average molecular weight is 401 g/mol. The molecule has 0 aromatic heterocycles. The minimum Gasteiger partial charge on any atom is -0.463 e. The molecule has 0 aliphatic heterocycles. The fraction of sp³-hybridized carbons (Fsp3) is 0.727. The van der Waals surface area contributed by atoms with Crippen LogP contribution in [0.1, 0.15) is 85.0 Å². The van der Waals surface area contributed by atoms with Gasteiger partial charge in [-0.05, 0) is 32.3 Å². The van der Waals surface area contributed by atoms with Crippen molar-refractivity contribution in [1.82, 2.24) is 0 Å². The van der Waals surface area contributed by atoms with Crippen LogP contribution in [-0.2, 0) is 19.1 Å². The van der Waals surface area contributed by atoms with Crippen LogP contribution in [0.3, 0.4) is 0 Å². The van der Waals surface area contributed by atoms with E-state index in [0.717, 1.165) is 32.1 Å². The fourth-order valence-corrected chi connectivity index (χ4v) is 3.30. The van der Waals surface area contributed by atoms with Gasteiger partial charge in [0.1, 0.15) is 0 Å². The summed E-state index contributed by atoms with van der Waals surface area (Å²) in [6.45, 7) is 5.71. The van der Waals surface area contributed by atoms with E-state index in [1.165, 1.54) is 12.5 Å². The molecule has 0 spiro atoms. The van der Waals surface area contributed by atoms with E-state index < -0.39 is 17.9 Å². The quantitative estimate of drug-likeness (QED) is 0.219. The van der Waals surface area contributed by atoms with Crippen LogP contribution < -0.4 is 0 Å². The van der Waals surface area contributed by atoms with Crippen molar-refractivity contribution in [2.45, 2.75) is 90.9 Å². The number of rotatable bonds is 13. The van der Waals surface area contributed by atoms with Gasteiger partial charge in [-0.3, -0.25) is 0 Å². The van der Waals surface area contributed by atoms with E-state index in [-0.39, 0.29) is 49.2 Å². The molecule has 1 aliphatic carbocycles. The number of allylic oxidation sites excluding steroid dienone is 2. The lowest BCUT2D eigenvalue weighted by Crippen LogP contribution is -2.26. The van der Waals surface area contributed by atoms with Gasteiger partial charge in [-0.2, -0.15) is 0 Å². The van der Waals surface area contributed by atoms with Gasteiger partial charge in [0.25, 0.3) is 5.92 Å². The highest BCUT2D eigenvalue weighted by Gasteiger charge is 2.38. The van der Waals surface area contributed by atoms with Gasteiger partial charge < -0.3 is 9.47 Å². The maximum atomic E-state index is 14.7. The van der Waals surface area contributed by atoms with Crippen molar-refractivity contribution in [1.29, 1.82) is 0 Å². The summed E-state index contributed by atoms with van der Waals surface area (Å²) in [4.78, 5) is 24.3. The lowest BCUT2D eigenvalue weighted by molar-refractivity contribution is -0.142. The molecule has 0 fully saturated rings. The number of hydrogen-bond donors (Lipinski definition) is 0. The molecular formula is C22H34F2O4. The maximum absolute atomic E-state index is 14.7. The Labute approximate surface area is 167 Å². The first-order chi connectivity index (χ1) is 13.4. The Balaban J connectivity index is 2.70. The number of esters is 2. The summed E-state index contributed by atoms with van der Waals surface area (Å²) in [6.07, 6.45) is 7.62. The van der Waals surface area contributed by atoms with Crippen molar-refractivity contribution in [3.8, 4) is 0 Å². The molecule has 0 aromatic rings. The van der Waals surface area contributed by atoms with Crippen molar-refractivity contribution < 1.29 is 27.8 Å². The molecule has 1 aliphatic rings. The van der Waals surface area contributed by atoms with Gasteiger partial charge in [0.2, 0.25) is 0 Å². The van der Waals surface area contributed by atoms with E-state index in [1.807, 2.05) is 0 Å². The van der Waals surface area contributed by atoms with Crippen LogP contribution in [0.25, 0.3) is 0 Å². The molecule has 6 heteroatoms. The molecule has 0 radical (unpaired) electrons. The Morgan fingerprint density at radius 1 is 0.893 bits per heavy atom. The molecule has 0 aromatic carbocycles. The topological polar surface area (TPSA) is 52.6 Å². The Kier molecular flexibility index (Phi) is 11.0. The Hall–Kier alpha value is -1.72. The largest absolute Gasteiger partial charge is 0.463 e. The zero-order chi connectivity index (χ0) is 21.0. The Bertz CT molecular complexity index is 579. The molecule has 0 N–H and O–H groups in total. The summed E-state index contributed by atoms with van der Waals surface area (Å²) < 4.78 is 39.3. The third kappa shape index (κ3) is 7.72. The summed E-state index contributed by atoms with van der Waals surface area (Å²) in [5.74, 6) is -4.35. The molecular weight excluding hydrogens is 366 g/mol. The monoisotopic (exact) mass is 400 g/mol. The highest BCUT2D eigenvalue weighted by atomic mass is 19.3. The molecule has 0 heterocycles. The second kappa shape index (κ2) is 12.7. The van der Waals surface area contributed by atoms with Gasteiger partial charge in [0.05, 0.1) is 24.4 Å². The van der Waals surface area contributed by atoms with Crippen LogP contribution in [0.2, 0.25) is 0 Å². The number of unbranched alkanes of at least 4 members (excludes halogenated alkanes) is 6. The van der Waals surface area contributed by atoms with E-state index >= 15 is 0 Å². The third-order valence-electron chi connectivity index (χ3n) is 4.89. The number of alkyl halides is 2. The van der Waals surface area contributed by atoms with Crippen LogP contribution in [-0.4, -0.2) is 31.1 Å². The van der Waals surface area contributed by atoms with Crippen molar-refractivity contribution >= 4 is 11.9 Å². The third-order valence-corrected chi connectivity index (χ3v) is 4.89. The number of carbonyl (C=O) groups excluding carboxylic acids is 2. The van der Waals surface area contributed by atoms with E-state index in [0.29, 0.717) is 6.42 Å². The minimum absolute atomic E-state index is 0.00274. The van der Waals surface area contributed by atoms with E-state index in [4.69, 9.17) is 9.47 Å². The normalized spacial score (nSPS) is 14.7. The SMILES string of the molecule is CCCCCCCCCC(F)(F)C1=CCC(C(=O)OCC)=C(C(=O)OCC)C1. The van der Waals surface area contributed by atoms with Crippen molar-refractivity contribution in [2.75, 3.05) is 13.2 Å². The van der Waals surface area contributed by atoms with E-state index in [2.05, 4.69) is 6.92 Å². The molecule has 1 rings (SSSR count). The number of ether oxygens (including phenoxy) is 2. The van der Waals surface area contributed by atoms with Gasteiger partial charge in [-0.1, -0.05) is 51.5 Å². The van der Waals surface area contributed by atoms with Gasteiger partial charge in [0, 0.05) is 12.8 Å². The molecule has 0 unspecified atom stereocenters. The second-order valence-electron chi connectivity index (χ2n) is 7.08. The molecule has 160 valence electrons. The molecule has 4 nitrogen and oxygen atoms in total. The number of halogens is 2. The average Bonchev–Trinajstić information content (AvgIpc) is 2.67. The lowest BCUT2D eigenvalue weighted by Gasteiger charge is -2.25. The van der Waals surface area contributed by atoms with Crippen LogP contribution in [0.4, 0.5) is 8.78 Å². The molecule has 28 heavy (non-hydrogen) atoms. The molecule has 0 bridgehead atoms. The smallest absolute Gasteiger partial charge is 0.334 e. The molecule has 0 atom stereocenters. The highest BCUT2D eigenvalue weighted by molar-refractivity contribution is 6.01. The highest BCUT2D eigenvalue weighted by Crippen LogP contribution is 2.39. The van der Waals surface area contributed by atoms with Crippen molar-refractivity contribution in [2.24, 2.45) is 0 Å². The van der Waals surface area contributed by atoms with E-state index in [9.17, 15) is 18.4 Å². The first-order valence-corrected chi connectivity index (χ1v) is 10.5. The van der Waals surface area contributed by atoms with Crippen LogP contribution in [0.15, 0.2) is 22.8 Å². The summed E-state index contributed by atoms with van der Waals surface area (Å²) in [6, 6.07) is 0. The Morgan fingerprint density at radius 3 is 2.00 bits per heavy atom. The zero-order valence-corrected chi connectivity index (χ0v) is 17.5. The second-order valence-corrected chi connectivity index (χ2v) is 7.08. The fourth-order valence-electron chi connectivity index (χ4n) is 3.30. The van der Waals surface area contributed by atoms with Gasteiger partial charge in [-0.15, -0.1) is 0 Å². The van der Waals surface area contributed by atoms with Crippen molar-refractivity contribution in [3.05, 3.63) is 22.8 Å². The predicted octanol–water partition coefficient (Wildman–Crippen LogP) is 5.91. The zero-order valence-electron chi connectivity index (χ0n) is 17.5. The first-order valence-electron chi connectivity index (χ1n) is 10.5. The first kappa shape index (κ1) is 24.3. The van der Waals surface area contributed by atoms with Crippen molar-refractivity contribution in [3.63, 3.8) is 0 Å². The van der Waals surface area contributed by atoms with Crippen LogP contribution in [0, 0.1) is 0 Å². The summed E-state index contributed by atoms with van der Waals surface area (Å²) in [5.41, 5.74) is 0.0161. The van der Waals surface area contributed by atoms with Gasteiger partial charge in [-0.25, -0.2) is 18.4 Å². The Morgan fingerprint density at radius 2 is 1.43 bits per heavy atom. The number of carbonyl (C=O) groups is 2. The number of hydrogen-bond acceptors (Lipinski definition) is 4. The standard InChI is InChI=1S/C22H34F2O4/c1-4-7-8-9-10-11-12-15-22(23,24)17-13-14-18(20(25)27-5-2)19(16-17)21(26)28-6-3/h13H,4-12,14-16H2,1-3H3. The van der Waals surface area contributed by atoms with Crippen LogP contribution >= 0.6 is 0 Å². The van der Waals surface area contributed by atoms with Crippen LogP contribution in [0.5, 0.6) is 0 Å².